The summed E-state index contributed by atoms with van der Waals surface area (Å²) in [4.78, 5) is 8.26. The van der Waals surface area contributed by atoms with Crippen LogP contribution in [-0.2, 0) is 4.74 Å². The lowest BCUT2D eigenvalue weighted by atomic mass is 10.2. The molecule has 1 aromatic rings. The monoisotopic (exact) mass is 239 g/mol. The minimum atomic E-state index is 0.0896. The highest BCUT2D eigenvalue weighted by molar-refractivity contribution is 5.16. The number of nitrogens with zero attached hydrogens (tertiary/aromatic N) is 2. The molecule has 17 heavy (non-hydrogen) atoms. The molecule has 5 heteroatoms. The second-order valence-electron chi connectivity index (χ2n) is 3.65. The molecule has 1 atom stereocenters. The van der Waals surface area contributed by atoms with Crippen molar-refractivity contribution in [2.75, 3.05) is 26.9 Å². The topological polar surface area (TPSA) is 56.3 Å². The highest BCUT2D eigenvalue weighted by atomic mass is 16.5. The van der Waals surface area contributed by atoms with Crippen molar-refractivity contribution in [3.05, 3.63) is 18.1 Å². The number of ether oxygens (including phenoxy) is 2. The third kappa shape index (κ3) is 4.66. The Hall–Kier alpha value is -1.20. The van der Waals surface area contributed by atoms with Crippen LogP contribution in [0.3, 0.4) is 0 Å². The summed E-state index contributed by atoms with van der Waals surface area (Å²) >= 11 is 0. The van der Waals surface area contributed by atoms with Gasteiger partial charge < -0.3 is 14.8 Å². The van der Waals surface area contributed by atoms with Crippen LogP contribution in [0.15, 0.2) is 12.4 Å². The van der Waals surface area contributed by atoms with Crippen molar-refractivity contribution in [1.82, 2.24) is 15.3 Å². The molecule has 0 aliphatic heterocycles. The predicted molar refractivity (Wildman–Crippen MR) is 66.1 cm³/mol. The third-order valence-corrected chi connectivity index (χ3v) is 2.36. The number of nitrogens with one attached hydrogen (secondary N) is 1. The number of methoxy groups -OCH3 is 1. The molecule has 0 saturated carbocycles. The number of hydrogen-bond acceptors (Lipinski definition) is 5. The average molecular weight is 239 g/mol. The predicted octanol–water partition coefficient (Wildman–Crippen LogP) is 1.56. The highest BCUT2D eigenvalue weighted by Crippen LogP contribution is 2.14. The van der Waals surface area contributed by atoms with E-state index >= 15 is 0 Å². The SMILES string of the molecule is CCCNC(COCC)c1cc(OC)ncn1. The summed E-state index contributed by atoms with van der Waals surface area (Å²) < 4.78 is 10.6. The van der Waals surface area contributed by atoms with Crippen LogP contribution >= 0.6 is 0 Å². The molecule has 0 spiro atoms. The van der Waals surface area contributed by atoms with E-state index in [1.165, 1.54) is 6.33 Å². The summed E-state index contributed by atoms with van der Waals surface area (Å²) in [7, 11) is 1.60. The molecular weight excluding hydrogens is 218 g/mol. The van der Waals surface area contributed by atoms with Gasteiger partial charge in [0, 0.05) is 12.7 Å². The molecule has 0 fully saturated rings. The van der Waals surface area contributed by atoms with E-state index in [0.29, 0.717) is 19.1 Å². The van der Waals surface area contributed by atoms with Gasteiger partial charge in [-0.3, -0.25) is 0 Å². The average Bonchev–Trinajstić information content (AvgIpc) is 2.39. The molecule has 0 aromatic carbocycles. The van der Waals surface area contributed by atoms with Crippen LogP contribution in [0, 0.1) is 0 Å². The molecular formula is C12H21N3O2. The fourth-order valence-corrected chi connectivity index (χ4v) is 1.46. The molecule has 1 unspecified atom stereocenters. The standard InChI is InChI=1S/C12H21N3O2/c1-4-6-13-11(8-17-5-2)10-7-12(16-3)15-9-14-10/h7,9,11,13H,4-6,8H2,1-3H3. The zero-order valence-electron chi connectivity index (χ0n) is 10.8. The molecule has 1 heterocycles. The Balaban J connectivity index is 2.71. The maximum absolute atomic E-state index is 5.46. The molecule has 0 amide bonds. The number of aromatic nitrogens is 2. The van der Waals surface area contributed by atoms with E-state index in [2.05, 4.69) is 22.2 Å². The van der Waals surface area contributed by atoms with E-state index < -0.39 is 0 Å². The van der Waals surface area contributed by atoms with Gasteiger partial charge in [0.15, 0.2) is 0 Å². The van der Waals surface area contributed by atoms with Gasteiger partial charge in [-0.05, 0) is 19.9 Å². The second kappa shape index (κ2) is 7.97. The van der Waals surface area contributed by atoms with Crippen molar-refractivity contribution in [3.63, 3.8) is 0 Å². The smallest absolute Gasteiger partial charge is 0.216 e. The molecule has 0 saturated heterocycles. The van der Waals surface area contributed by atoms with Crippen molar-refractivity contribution >= 4 is 0 Å². The Morgan fingerprint density at radius 1 is 1.35 bits per heavy atom. The van der Waals surface area contributed by atoms with Crippen LogP contribution in [0.5, 0.6) is 5.88 Å². The van der Waals surface area contributed by atoms with Gasteiger partial charge in [-0.15, -0.1) is 0 Å². The maximum atomic E-state index is 5.46. The molecule has 5 nitrogen and oxygen atoms in total. The van der Waals surface area contributed by atoms with E-state index in [0.717, 1.165) is 18.7 Å². The Morgan fingerprint density at radius 2 is 2.18 bits per heavy atom. The van der Waals surface area contributed by atoms with E-state index in [9.17, 15) is 0 Å². The van der Waals surface area contributed by atoms with Gasteiger partial charge in [-0.1, -0.05) is 6.92 Å². The summed E-state index contributed by atoms with van der Waals surface area (Å²) in [6, 6.07) is 1.93. The molecule has 1 aromatic heterocycles. The van der Waals surface area contributed by atoms with Crippen LogP contribution in [-0.4, -0.2) is 36.8 Å². The minimum Gasteiger partial charge on any atom is -0.481 e. The maximum Gasteiger partial charge on any atom is 0.216 e. The van der Waals surface area contributed by atoms with Crippen molar-refractivity contribution in [3.8, 4) is 5.88 Å². The van der Waals surface area contributed by atoms with Crippen molar-refractivity contribution in [2.24, 2.45) is 0 Å². The molecule has 0 aliphatic carbocycles. The summed E-state index contributed by atoms with van der Waals surface area (Å²) in [5.74, 6) is 0.579. The first-order valence-electron chi connectivity index (χ1n) is 5.98. The largest absolute Gasteiger partial charge is 0.481 e. The van der Waals surface area contributed by atoms with Crippen molar-refractivity contribution in [2.45, 2.75) is 26.3 Å². The van der Waals surface area contributed by atoms with Gasteiger partial charge in [0.25, 0.3) is 0 Å². The van der Waals surface area contributed by atoms with E-state index in [1.54, 1.807) is 7.11 Å². The first kappa shape index (κ1) is 13.9. The zero-order chi connectivity index (χ0) is 12.5. The molecule has 0 aliphatic rings. The lowest BCUT2D eigenvalue weighted by Gasteiger charge is -2.17. The van der Waals surface area contributed by atoms with Crippen LogP contribution in [0.4, 0.5) is 0 Å². The van der Waals surface area contributed by atoms with Crippen LogP contribution in [0.25, 0.3) is 0 Å². The molecule has 0 bridgehead atoms. The Kier molecular flexibility index (Phi) is 6.50. The van der Waals surface area contributed by atoms with Gasteiger partial charge in [-0.25, -0.2) is 9.97 Å². The fourth-order valence-electron chi connectivity index (χ4n) is 1.46. The molecule has 0 radical (unpaired) electrons. The van der Waals surface area contributed by atoms with Crippen molar-refractivity contribution < 1.29 is 9.47 Å². The number of rotatable bonds is 8. The molecule has 96 valence electrons. The summed E-state index contributed by atoms with van der Waals surface area (Å²) in [6.45, 7) is 6.36. The first-order valence-corrected chi connectivity index (χ1v) is 5.98. The first-order chi connectivity index (χ1) is 8.31. The zero-order valence-corrected chi connectivity index (χ0v) is 10.8. The molecule has 1 N–H and O–H groups in total. The number of hydrogen-bond donors (Lipinski definition) is 1. The van der Waals surface area contributed by atoms with Gasteiger partial charge in [-0.2, -0.15) is 0 Å². The van der Waals surface area contributed by atoms with Gasteiger partial charge in [0.05, 0.1) is 25.5 Å². The van der Waals surface area contributed by atoms with Crippen molar-refractivity contribution in [1.29, 1.82) is 0 Å². The second-order valence-corrected chi connectivity index (χ2v) is 3.65. The van der Waals surface area contributed by atoms with Crippen LogP contribution < -0.4 is 10.1 Å². The van der Waals surface area contributed by atoms with E-state index in [4.69, 9.17) is 9.47 Å². The molecule has 1 rings (SSSR count). The van der Waals surface area contributed by atoms with Gasteiger partial charge in [0.2, 0.25) is 5.88 Å². The Bertz CT molecular complexity index is 312. The Labute approximate surface area is 103 Å². The quantitative estimate of drug-likeness (QED) is 0.746. The van der Waals surface area contributed by atoms with Gasteiger partial charge >= 0.3 is 0 Å². The van der Waals surface area contributed by atoms with Crippen LogP contribution in [0.2, 0.25) is 0 Å². The normalized spacial score (nSPS) is 12.4. The summed E-state index contributed by atoms with van der Waals surface area (Å²) in [6.07, 6.45) is 2.59. The third-order valence-electron chi connectivity index (χ3n) is 2.36. The minimum absolute atomic E-state index is 0.0896. The fraction of sp³-hybridized carbons (Fsp3) is 0.667. The lowest BCUT2D eigenvalue weighted by Crippen LogP contribution is -2.27. The summed E-state index contributed by atoms with van der Waals surface area (Å²) in [5.41, 5.74) is 0.902. The van der Waals surface area contributed by atoms with E-state index in [1.807, 2.05) is 13.0 Å². The van der Waals surface area contributed by atoms with E-state index in [-0.39, 0.29) is 6.04 Å². The summed E-state index contributed by atoms with van der Waals surface area (Å²) in [5, 5.41) is 3.40. The van der Waals surface area contributed by atoms with Gasteiger partial charge in [0.1, 0.15) is 6.33 Å². The lowest BCUT2D eigenvalue weighted by molar-refractivity contribution is 0.121. The van der Waals surface area contributed by atoms with Crippen LogP contribution in [0.1, 0.15) is 32.0 Å². The Morgan fingerprint density at radius 3 is 2.82 bits per heavy atom. The highest BCUT2D eigenvalue weighted by Gasteiger charge is 2.13.